The summed E-state index contributed by atoms with van der Waals surface area (Å²) >= 11 is 0. The van der Waals surface area contributed by atoms with E-state index in [9.17, 15) is 22.8 Å². The molecule has 1 heterocycles. The van der Waals surface area contributed by atoms with Gasteiger partial charge in [0.2, 0.25) is 0 Å². The summed E-state index contributed by atoms with van der Waals surface area (Å²) in [6.07, 6.45) is -3.11. The molecular formula is C25H31F3O5. The van der Waals surface area contributed by atoms with Gasteiger partial charge >= 0.3 is 18.1 Å². The van der Waals surface area contributed by atoms with Gasteiger partial charge in [-0.1, -0.05) is 51.1 Å². The van der Waals surface area contributed by atoms with Crippen LogP contribution in [0.4, 0.5) is 13.2 Å². The van der Waals surface area contributed by atoms with E-state index in [4.69, 9.17) is 14.2 Å². The summed E-state index contributed by atoms with van der Waals surface area (Å²) in [5.74, 6) is -2.15. The highest BCUT2D eigenvalue weighted by atomic mass is 19.4. The lowest BCUT2D eigenvalue weighted by molar-refractivity contribution is -0.280. The molecule has 4 rings (SSSR count). The van der Waals surface area contributed by atoms with E-state index < -0.39 is 23.9 Å². The topological polar surface area (TPSA) is 61.8 Å². The maximum atomic E-state index is 14.3. The molecule has 3 fully saturated rings. The number of carbonyl (C=O) groups excluding carboxylic acids is 2. The van der Waals surface area contributed by atoms with Crippen LogP contribution in [0.3, 0.4) is 0 Å². The minimum Gasteiger partial charge on any atom is -0.462 e. The van der Waals surface area contributed by atoms with Gasteiger partial charge in [0.15, 0.2) is 0 Å². The van der Waals surface area contributed by atoms with E-state index in [1.165, 1.54) is 24.3 Å². The number of hydrogen-bond donors (Lipinski definition) is 0. The molecule has 2 saturated carbocycles. The van der Waals surface area contributed by atoms with Crippen LogP contribution in [-0.4, -0.2) is 37.4 Å². The van der Waals surface area contributed by atoms with Gasteiger partial charge in [-0.3, -0.25) is 4.79 Å². The first-order valence-electron chi connectivity index (χ1n) is 11.6. The third-order valence-corrected chi connectivity index (χ3v) is 8.48. The number of rotatable bonds is 4. The summed E-state index contributed by atoms with van der Waals surface area (Å²) < 4.78 is 59.1. The molecule has 2 aliphatic carbocycles. The maximum absolute atomic E-state index is 14.3. The number of benzene rings is 1. The lowest BCUT2D eigenvalue weighted by Crippen LogP contribution is -2.56. The smallest absolute Gasteiger partial charge is 0.432 e. The first-order chi connectivity index (χ1) is 15.5. The van der Waals surface area contributed by atoms with Crippen LogP contribution in [0.25, 0.3) is 0 Å². The SMILES string of the molecule is CO[C@@](C(=O)O[C@@H]1CC[C@]2(C)CC[C@@H]3[C@@H](OC(=O)[C@H]3C)[C@H]2[C@H]1C)(c1ccccc1)C(F)(F)F. The number of esters is 2. The third-order valence-electron chi connectivity index (χ3n) is 8.48. The van der Waals surface area contributed by atoms with Crippen molar-refractivity contribution in [3.05, 3.63) is 35.9 Å². The van der Waals surface area contributed by atoms with Gasteiger partial charge in [0.05, 0.1) is 5.92 Å². The minimum atomic E-state index is -5.01. The Labute approximate surface area is 192 Å². The van der Waals surface area contributed by atoms with Crippen molar-refractivity contribution in [2.24, 2.45) is 29.1 Å². The second-order valence-corrected chi connectivity index (χ2v) is 10.2. The second-order valence-electron chi connectivity index (χ2n) is 10.2. The zero-order valence-corrected chi connectivity index (χ0v) is 19.4. The van der Waals surface area contributed by atoms with Crippen molar-refractivity contribution >= 4 is 11.9 Å². The second kappa shape index (κ2) is 8.29. The molecule has 0 N–H and O–H groups in total. The zero-order chi connectivity index (χ0) is 24.2. The Bertz CT molecular complexity index is 903. The van der Waals surface area contributed by atoms with E-state index in [1.807, 2.05) is 13.8 Å². The van der Waals surface area contributed by atoms with Gasteiger partial charge in [0.25, 0.3) is 5.60 Å². The molecule has 5 nitrogen and oxygen atoms in total. The van der Waals surface area contributed by atoms with Crippen LogP contribution in [0, 0.1) is 29.1 Å². The van der Waals surface area contributed by atoms with Crippen LogP contribution in [0.15, 0.2) is 30.3 Å². The average molecular weight is 469 g/mol. The Hall–Kier alpha value is -2.09. The van der Waals surface area contributed by atoms with Gasteiger partial charge in [0, 0.05) is 24.5 Å². The molecule has 1 aromatic carbocycles. The molecule has 0 aromatic heterocycles. The normalized spacial score (nSPS) is 38.0. The number of alkyl halides is 3. The predicted octanol–water partition coefficient (Wildman–Crippen LogP) is 5.03. The van der Waals surface area contributed by atoms with Crippen LogP contribution < -0.4 is 0 Å². The van der Waals surface area contributed by atoms with Gasteiger partial charge in [-0.2, -0.15) is 13.2 Å². The standard InChI is InChI=1S/C25H31F3O5/c1-14-17-10-12-23(3)13-11-18(15(2)19(23)20(17)33-21(14)29)32-22(30)24(31-4,25(26,27)28)16-8-6-5-7-9-16/h5-9,14-15,17-20H,10-13H2,1-4H3/t14-,15-,17-,18+,19+,20+,23-,24+/m0/s1. The summed E-state index contributed by atoms with van der Waals surface area (Å²) in [4.78, 5) is 25.5. The third kappa shape index (κ3) is 3.65. The molecule has 0 bridgehead atoms. The number of hydrogen-bond acceptors (Lipinski definition) is 5. The van der Waals surface area contributed by atoms with E-state index in [0.717, 1.165) is 20.0 Å². The Morgan fingerprint density at radius 3 is 2.36 bits per heavy atom. The first kappa shape index (κ1) is 24.0. The number of methoxy groups -OCH3 is 1. The largest absolute Gasteiger partial charge is 0.462 e. The molecule has 8 heteroatoms. The van der Waals surface area contributed by atoms with Crippen molar-refractivity contribution < 1.29 is 37.0 Å². The van der Waals surface area contributed by atoms with Gasteiger partial charge in [-0.25, -0.2) is 4.79 Å². The molecule has 0 radical (unpaired) electrons. The maximum Gasteiger partial charge on any atom is 0.432 e. The number of fused-ring (bicyclic) bond motifs is 3. The molecule has 0 amide bonds. The Balaban J connectivity index is 1.62. The molecule has 1 aliphatic heterocycles. The molecule has 0 spiro atoms. The Morgan fingerprint density at radius 2 is 1.76 bits per heavy atom. The van der Waals surface area contributed by atoms with Gasteiger partial charge in [-0.15, -0.1) is 0 Å². The average Bonchev–Trinajstić information content (AvgIpc) is 3.04. The molecule has 182 valence electrons. The fourth-order valence-electron chi connectivity index (χ4n) is 6.57. The van der Waals surface area contributed by atoms with Gasteiger partial charge < -0.3 is 14.2 Å². The highest BCUT2D eigenvalue weighted by Gasteiger charge is 2.65. The summed E-state index contributed by atoms with van der Waals surface area (Å²) in [6.45, 7) is 5.92. The van der Waals surface area contributed by atoms with E-state index in [0.29, 0.717) is 12.8 Å². The zero-order valence-electron chi connectivity index (χ0n) is 19.4. The van der Waals surface area contributed by atoms with E-state index in [2.05, 4.69) is 6.92 Å². The van der Waals surface area contributed by atoms with Crippen molar-refractivity contribution in [2.45, 2.75) is 70.4 Å². The van der Waals surface area contributed by atoms with E-state index in [1.54, 1.807) is 6.07 Å². The minimum absolute atomic E-state index is 0.0868. The molecule has 33 heavy (non-hydrogen) atoms. The van der Waals surface area contributed by atoms with E-state index >= 15 is 0 Å². The molecule has 0 unspecified atom stereocenters. The van der Waals surface area contributed by atoms with Gasteiger partial charge in [0.1, 0.15) is 12.2 Å². The fourth-order valence-corrected chi connectivity index (χ4v) is 6.57. The Kier molecular flexibility index (Phi) is 6.04. The number of ether oxygens (including phenoxy) is 3. The van der Waals surface area contributed by atoms with Crippen molar-refractivity contribution in [3.63, 3.8) is 0 Å². The molecular weight excluding hydrogens is 437 g/mol. The van der Waals surface area contributed by atoms with Crippen LogP contribution in [0.1, 0.15) is 52.0 Å². The monoisotopic (exact) mass is 468 g/mol. The quantitative estimate of drug-likeness (QED) is 0.581. The van der Waals surface area contributed by atoms with Crippen LogP contribution in [0.5, 0.6) is 0 Å². The summed E-state index contributed by atoms with van der Waals surface area (Å²) in [7, 11) is 0.869. The molecule has 1 saturated heterocycles. The first-order valence-corrected chi connectivity index (χ1v) is 11.6. The van der Waals surface area contributed by atoms with E-state index in [-0.39, 0.29) is 46.7 Å². The van der Waals surface area contributed by atoms with Gasteiger partial charge in [-0.05, 0) is 37.0 Å². The van der Waals surface area contributed by atoms with Crippen LogP contribution >= 0.6 is 0 Å². The summed E-state index contributed by atoms with van der Waals surface area (Å²) in [5.41, 5.74) is -3.65. The van der Waals surface area contributed by atoms with Crippen molar-refractivity contribution in [3.8, 4) is 0 Å². The van der Waals surface area contributed by atoms with Crippen LogP contribution in [-0.2, 0) is 29.4 Å². The summed E-state index contributed by atoms with van der Waals surface area (Å²) in [5, 5.41) is 0. The van der Waals surface area contributed by atoms with Crippen molar-refractivity contribution in [1.82, 2.24) is 0 Å². The highest BCUT2D eigenvalue weighted by Crippen LogP contribution is 2.58. The van der Waals surface area contributed by atoms with Crippen molar-refractivity contribution in [1.29, 1.82) is 0 Å². The number of halogens is 3. The molecule has 8 atom stereocenters. The predicted molar refractivity (Wildman–Crippen MR) is 113 cm³/mol. The molecule has 3 aliphatic rings. The molecule has 1 aromatic rings. The number of carbonyl (C=O) groups is 2. The highest BCUT2D eigenvalue weighted by molar-refractivity contribution is 5.83. The van der Waals surface area contributed by atoms with Crippen molar-refractivity contribution in [2.75, 3.05) is 7.11 Å². The Morgan fingerprint density at radius 1 is 1.12 bits per heavy atom. The van der Waals surface area contributed by atoms with Crippen LogP contribution in [0.2, 0.25) is 0 Å². The lowest BCUT2D eigenvalue weighted by atomic mass is 9.52. The summed E-state index contributed by atoms with van der Waals surface area (Å²) in [6, 6.07) is 6.84. The lowest BCUT2D eigenvalue weighted by Gasteiger charge is -2.54. The fraction of sp³-hybridized carbons (Fsp3) is 0.680.